The third kappa shape index (κ3) is 3.52. The Morgan fingerprint density at radius 1 is 1.11 bits per heavy atom. The summed E-state index contributed by atoms with van der Waals surface area (Å²) in [6.07, 6.45) is 1.24. The highest BCUT2D eigenvalue weighted by Gasteiger charge is 2.01. The van der Waals surface area contributed by atoms with Crippen LogP contribution in [0.3, 0.4) is 0 Å². The van der Waals surface area contributed by atoms with Gasteiger partial charge in [-0.2, -0.15) is 0 Å². The van der Waals surface area contributed by atoms with Gasteiger partial charge in [0.2, 0.25) is 0 Å². The van der Waals surface area contributed by atoms with E-state index in [2.05, 4.69) is 0 Å². The molecular formula is C16H14O3. The van der Waals surface area contributed by atoms with Crippen molar-refractivity contribution in [3.8, 4) is 11.5 Å². The van der Waals surface area contributed by atoms with Gasteiger partial charge in [-0.05, 0) is 48.9 Å². The zero-order chi connectivity index (χ0) is 13.7. The molecule has 2 aromatic rings. The lowest BCUT2D eigenvalue weighted by Crippen LogP contribution is -1.92. The van der Waals surface area contributed by atoms with E-state index in [1.54, 1.807) is 24.3 Å². The number of ketones is 1. The molecule has 19 heavy (non-hydrogen) atoms. The van der Waals surface area contributed by atoms with Gasteiger partial charge in [-0.25, -0.2) is 0 Å². The van der Waals surface area contributed by atoms with Gasteiger partial charge in [-0.3, -0.25) is 4.79 Å². The van der Waals surface area contributed by atoms with E-state index in [0.717, 1.165) is 11.8 Å². The molecule has 96 valence electrons. The summed E-state index contributed by atoms with van der Waals surface area (Å²) in [6, 6.07) is 14.3. The molecule has 0 aromatic heterocycles. The SMILES string of the molecule is CC(=O)c1ccc(Oc2cccc(CC=O)c2)cc1. The number of Topliss-reactive ketones (excluding diaryl/α,β-unsaturated/α-hetero) is 1. The van der Waals surface area contributed by atoms with Gasteiger partial charge in [0.1, 0.15) is 17.8 Å². The first kappa shape index (κ1) is 13.0. The summed E-state index contributed by atoms with van der Waals surface area (Å²) in [5, 5.41) is 0. The van der Waals surface area contributed by atoms with Gasteiger partial charge in [0, 0.05) is 12.0 Å². The Hall–Kier alpha value is -2.42. The summed E-state index contributed by atoms with van der Waals surface area (Å²) in [5.74, 6) is 1.36. The molecule has 3 heteroatoms. The van der Waals surface area contributed by atoms with Crippen molar-refractivity contribution in [2.75, 3.05) is 0 Å². The minimum atomic E-state index is 0.0273. The lowest BCUT2D eigenvalue weighted by Gasteiger charge is -2.07. The van der Waals surface area contributed by atoms with Crippen molar-refractivity contribution >= 4 is 12.1 Å². The zero-order valence-corrected chi connectivity index (χ0v) is 10.6. The highest BCUT2D eigenvalue weighted by atomic mass is 16.5. The van der Waals surface area contributed by atoms with Crippen LogP contribution in [-0.2, 0) is 11.2 Å². The predicted octanol–water partition coefficient (Wildman–Crippen LogP) is 3.42. The maximum Gasteiger partial charge on any atom is 0.159 e. The molecule has 0 saturated heterocycles. The van der Waals surface area contributed by atoms with E-state index in [9.17, 15) is 9.59 Å². The highest BCUT2D eigenvalue weighted by molar-refractivity contribution is 5.94. The Kier molecular flexibility index (Phi) is 4.08. The van der Waals surface area contributed by atoms with Crippen molar-refractivity contribution in [3.63, 3.8) is 0 Å². The number of hydrogen-bond donors (Lipinski definition) is 0. The van der Waals surface area contributed by atoms with Crippen LogP contribution in [0.25, 0.3) is 0 Å². The molecule has 0 aliphatic rings. The van der Waals surface area contributed by atoms with Crippen LogP contribution >= 0.6 is 0 Å². The van der Waals surface area contributed by atoms with Gasteiger partial charge in [0.25, 0.3) is 0 Å². The van der Waals surface area contributed by atoms with E-state index in [0.29, 0.717) is 23.5 Å². The van der Waals surface area contributed by atoms with E-state index >= 15 is 0 Å². The molecule has 0 aliphatic heterocycles. The van der Waals surface area contributed by atoms with Gasteiger partial charge >= 0.3 is 0 Å². The lowest BCUT2D eigenvalue weighted by molar-refractivity contribution is -0.107. The molecule has 0 aliphatic carbocycles. The number of carbonyl (C=O) groups excluding carboxylic acids is 2. The second-order valence-electron chi connectivity index (χ2n) is 4.20. The number of hydrogen-bond acceptors (Lipinski definition) is 3. The number of ether oxygens (including phenoxy) is 1. The molecule has 0 heterocycles. The molecular weight excluding hydrogens is 240 g/mol. The van der Waals surface area contributed by atoms with Gasteiger partial charge in [0.05, 0.1) is 0 Å². The Morgan fingerprint density at radius 3 is 2.47 bits per heavy atom. The average Bonchev–Trinajstić information content (AvgIpc) is 2.40. The van der Waals surface area contributed by atoms with Crippen LogP contribution in [0.15, 0.2) is 48.5 Å². The summed E-state index contributed by atoms with van der Waals surface area (Å²) in [6.45, 7) is 1.53. The van der Waals surface area contributed by atoms with E-state index in [4.69, 9.17) is 4.74 Å². The maximum absolute atomic E-state index is 11.2. The van der Waals surface area contributed by atoms with E-state index in [1.807, 2.05) is 24.3 Å². The quantitative estimate of drug-likeness (QED) is 0.606. The van der Waals surface area contributed by atoms with Crippen molar-refractivity contribution in [2.24, 2.45) is 0 Å². The van der Waals surface area contributed by atoms with Crippen LogP contribution in [0.4, 0.5) is 0 Å². The van der Waals surface area contributed by atoms with Gasteiger partial charge in [-0.1, -0.05) is 12.1 Å². The van der Waals surface area contributed by atoms with E-state index < -0.39 is 0 Å². The van der Waals surface area contributed by atoms with Gasteiger partial charge in [0.15, 0.2) is 5.78 Å². The number of rotatable bonds is 5. The van der Waals surface area contributed by atoms with E-state index in [-0.39, 0.29) is 5.78 Å². The normalized spacial score (nSPS) is 9.95. The molecule has 0 N–H and O–H groups in total. The summed E-state index contributed by atoms with van der Waals surface area (Å²) in [5.41, 5.74) is 1.56. The van der Waals surface area contributed by atoms with Crippen molar-refractivity contribution in [3.05, 3.63) is 59.7 Å². The first-order valence-electron chi connectivity index (χ1n) is 6.00. The summed E-state index contributed by atoms with van der Waals surface area (Å²) in [4.78, 5) is 21.6. The van der Waals surface area contributed by atoms with E-state index in [1.165, 1.54) is 6.92 Å². The Balaban J connectivity index is 2.14. The fourth-order valence-electron chi connectivity index (χ4n) is 1.73. The second kappa shape index (κ2) is 5.96. The molecule has 0 fully saturated rings. The third-order valence-electron chi connectivity index (χ3n) is 2.71. The highest BCUT2D eigenvalue weighted by Crippen LogP contribution is 2.22. The van der Waals surface area contributed by atoms with Crippen molar-refractivity contribution in [1.82, 2.24) is 0 Å². The Morgan fingerprint density at radius 2 is 1.84 bits per heavy atom. The molecule has 0 saturated carbocycles. The molecule has 0 spiro atoms. The third-order valence-corrected chi connectivity index (χ3v) is 2.71. The standard InChI is InChI=1S/C16H14O3/c1-12(18)14-5-7-15(8-6-14)19-16-4-2-3-13(11-16)9-10-17/h2-8,10-11H,9H2,1H3. The molecule has 2 rings (SSSR count). The summed E-state index contributed by atoms with van der Waals surface area (Å²) < 4.78 is 5.67. The molecule has 0 atom stereocenters. The molecule has 0 amide bonds. The molecule has 2 aromatic carbocycles. The minimum absolute atomic E-state index is 0.0273. The smallest absolute Gasteiger partial charge is 0.159 e. The topological polar surface area (TPSA) is 43.4 Å². The lowest BCUT2D eigenvalue weighted by atomic mass is 10.1. The van der Waals surface area contributed by atoms with Gasteiger partial charge < -0.3 is 9.53 Å². The summed E-state index contributed by atoms with van der Waals surface area (Å²) in [7, 11) is 0. The second-order valence-corrected chi connectivity index (χ2v) is 4.20. The minimum Gasteiger partial charge on any atom is -0.457 e. The summed E-state index contributed by atoms with van der Waals surface area (Å²) >= 11 is 0. The largest absolute Gasteiger partial charge is 0.457 e. The number of aldehydes is 1. The fraction of sp³-hybridized carbons (Fsp3) is 0.125. The van der Waals surface area contributed by atoms with Crippen molar-refractivity contribution in [1.29, 1.82) is 0 Å². The predicted molar refractivity (Wildman–Crippen MR) is 72.7 cm³/mol. The fourth-order valence-corrected chi connectivity index (χ4v) is 1.73. The van der Waals surface area contributed by atoms with Crippen LogP contribution in [0, 0.1) is 0 Å². The van der Waals surface area contributed by atoms with Crippen LogP contribution in [0.1, 0.15) is 22.8 Å². The van der Waals surface area contributed by atoms with Crippen molar-refractivity contribution < 1.29 is 14.3 Å². The Labute approximate surface area is 111 Å². The number of benzene rings is 2. The molecule has 3 nitrogen and oxygen atoms in total. The number of carbonyl (C=O) groups is 2. The molecule has 0 unspecified atom stereocenters. The maximum atomic E-state index is 11.2. The van der Waals surface area contributed by atoms with Crippen LogP contribution in [-0.4, -0.2) is 12.1 Å². The monoisotopic (exact) mass is 254 g/mol. The average molecular weight is 254 g/mol. The molecule has 0 radical (unpaired) electrons. The van der Waals surface area contributed by atoms with Gasteiger partial charge in [-0.15, -0.1) is 0 Å². The first-order chi connectivity index (χ1) is 9.19. The molecule has 0 bridgehead atoms. The van der Waals surface area contributed by atoms with Crippen LogP contribution in [0.2, 0.25) is 0 Å². The van der Waals surface area contributed by atoms with Crippen molar-refractivity contribution in [2.45, 2.75) is 13.3 Å². The Bertz CT molecular complexity index is 585. The van der Waals surface area contributed by atoms with Crippen LogP contribution in [0.5, 0.6) is 11.5 Å². The first-order valence-corrected chi connectivity index (χ1v) is 6.00. The van der Waals surface area contributed by atoms with Crippen LogP contribution < -0.4 is 4.74 Å². The zero-order valence-electron chi connectivity index (χ0n) is 10.6.